The normalized spacial score (nSPS) is 10.4. The van der Waals surface area contributed by atoms with Gasteiger partial charge in [-0.1, -0.05) is 13.8 Å². The van der Waals surface area contributed by atoms with Gasteiger partial charge in [0.05, 0.1) is 10.5 Å². The Bertz CT molecular complexity index is 614. The first-order chi connectivity index (χ1) is 11.2. The smallest absolute Gasteiger partial charge is 0.338 e. The van der Waals surface area contributed by atoms with Crippen LogP contribution < -0.4 is 10.2 Å². The molecule has 1 rings (SSSR count). The molecule has 0 aliphatic rings. The van der Waals surface area contributed by atoms with Gasteiger partial charge >= 0.3 is 5.97 Å². The second-order valence-electron chi connectivity index (χ2n) is 5.96. The summed E-state index contributed by atoms with van der Waals surface area (Å²) in [6, 6.07) is 4.05. The molecule has 8 heteroatoms. The molecule has 0 saturated heterocycles. The maximum Gasteiger partial charge on any atom is 0.338 e. The van der Waals surface area contributed by atoms with E-state index in [2.05, 4.69) is 5.32 Å². The number of anilines is 1. The van der Waals surface area contributed by atoms with Crippen molar-refractivity contribution in [3.63, 3.8) is 0 Å². The summed E-state index contributed by atoms with van der Waals surface area (Å²) >= 11 is 0. The van der Waals surface area contributed by atoms with Crippen molar-refractivity contribution in [2.24, 2.45) is 5.92 Å². The average Bonchev–Trinajstić information content (AvgIpc) is 2.51. The second kappa shape index (κ2) is 8.85. The summed E-state index contributed by atoms with van der Waals surface area (Å²) in [4.78, 5) is 35.6. The number of rotatable bonds is 8. The van der Waals surface area contributed by atoms with E-state index in [0.29, 0.717) is 18.2 Å². The third-order valence-corrected chi connectivity index (χ3v) is 3.27. The van der Waals surface area contributed by atoms with Gasteiger partial charge in [0.15, 0.2) is 6.61 Å². The fourth-order valence-electron chi connectivity index (χ4n) is 1.94. The highest BCUT2D eigenvalue weighted by atomic mass is 16.6. The van der Waals surface area contributed by atoms with Crippen molar-refractivity contribution in [2.45, 2.75) is 20.3 Å². The van der Waals surface area contributed by atoms with E-state index in [0.717, 1.165) is 12.5 Å². The number of hydrogen-bond acceptors (Lipinski definition) is 6. The van der Waals surface area contributed by atoms with Crippen LogP contribution in [0, 0.1) is 16.0 Å². The molecule has 0 spiro atoms. The molecule has 1 amide bonds. The highest BCUT2D eigenvalue weighted by Gasteiger charge is 2.20. The number of carbonyl (C=O) groups excluding carboxylic acids is 2. The number of carbonyl (C=O) groups is 2. The summed E-state index contributed by atoms with van der Waals surface area (Å²) in [6.45, 7) is 4.17. The average molecular weight is 337 g/mol. The van der Waals surface area contributed by atoms with E-state index in [1.807, 2.05) is 13.8 Å². The zero-order valence-corrected chi connectivity index (χ0v) is 14.4. The largest absolute Gasteiger partial charge is 0.452 e. The Morgan fingerprint density at radius 3 is 2.54 bits per heavy atom. The van der Waals surface area contributed by atoms with Crippen LogP contribution >= 0.6 is 0 Å². The van der Waals surface area contributed by atoms with Crippen LogP contribution in [-0.2, 0) is 9.53 Å². The highest BCUT2D eigenvalue weighted by Crippen LogP contribution is 2.27. The quantitative estimate of drug-likeness (QED) is 0.442. The first-order valence-electron chi connectivity index (χ1n) is 7.62. The number of esters is 1. The van der Waals surface area contributed by atoms with E-state index in [-0.39, 0.29) is 11.3 Å². The van der Waals surface area contributed by atoms with E-state index in [4.69, 9.17) is 4.74 Å². The van der Waals surface area contributed by atoms with Gasteiger partial charge < -0.3 is 15.0 Å². The summed E-state index contributed by atoms with van der Waals surface area (Å²) in [5, 5.41) is 13.7. The number of nitrogens with one attached hydrogen (secondary N) is 1. The SMILES string of the molecule is CC(C)CCNC(=O)COC(=O)c1ccc(N(C)C)c([N+](=O)[O-])c1. The van der Waals surface area contributed by atoms with Crippen LogP contribution in [-0.4, -0.2) is 44.0 Å². The predicted octanol–water partition coefficient (Wildman–Crippen LogP) is 1.98. The number of hydrogen-bond donors (Lipinski definition) is 1. The van der Waals surface area contributed by atoms with Crippen LogP contribution in [0.15, 0.2) is 18.2 Å². The first kappa shape index (κ1) is 19.4. The molecule has 0 aliphatic heterocycles. The van der Waals surface area contributed by atoms with Crippen molar-refractivity contribution in [2.75, 3.05) is 32.1 Å². The molecule has 132 valence electrons. The van der Waals surface area contributed by atoms with E-state index < -0.39 is 23.4 Å². The van der Waals surface area contributed by atoms with Crippen molar-refractivity contribution in [1.29, 1.82) is 0 Å². The minimum Gasteiger partial charge on any atom is -0.452 e. The summed E-state index contributed by atoms with van der Waals surface area (Å²) in [7, 11) is 3.34. The van der Waals surface area contributed by atoms with E-state index >= 15 is 0 Å². The lowest BCUT2D eigenvalue weighted by molar-refractivity contribution is -0.384. The Hall–Kier alpha value is -2.64. The topological polar surface area (TPSA) is 102 Å². The predicted molar refractivity (Wildman–Crippen MR) is 90.2 cm³/mol. The third kappa shape index (κ3) is 5.86. The Balaban J connectivity index is 2.67. The molecule has 1 N–H and O–H groups in total. The summed E-state index contributed by atoms with van der Waals surface area (Å²) < 4.78 is 4.90. The standard InChI is InChI=1S/C16H23N3O5/c1-11(2)7-8-17-15(20)10-24-16(21)12-5-6-13(18(3)4)14(9-12)19(22)23/h5-6,9,11H,7-8,10H2,1-4H3,(H,17,20). The Morgan fingerprint density at radius 1 is 1.33 bits per heavy atom. The number of ether oxygens (including phenoxy) is 1. The number of benzene rings is 1. The van der Waals surface area contributed by atoms with Gasteiger partial charge in [-0.25, -0.2) is 4.79 Å². The summed E-state index contributed by atoms with van der Waals surface area (Å²) in [5.41, 5.74) is 0.209. The second-order valence-corrected chi connectivity index (χ2v) is 5.96. The van der Waals surface area contributed by atoms with E-state index in [9.17, 15) is 19.7 Å². The van der Waals surface area contributed by atoms with Crippen LogP contribution in [0.4, 0.5) is 11.4 Å². The molecule has 0 heterocycles. The molecule has 1 aromatic rings. The number of amides is 1. The number of nitrogens with zero attached hydrogens (tertiary/aromatic N) is 2. The van der Waals surface area contributed by atoms with Crippen LogP contribution in [0.25, 0.3) is 0 Å². The Morgan fingerprint density at radius 2 is 2.00 bits per heavy atom. The van der Waals surface area contributed by atoms with Crippen molar-refractivity contribution >= 4 is 23.3 Å². The molecule has 24 heavy (non-hydrogen) atoms. The Kier molecular flexibility index (Phi) is 7.16. The van der Waals surface area contributed by atoms with Gasteiger partial charge in [0.1, 0.15) is 5.69 Å². The lowest BCUT2D eigenvalue weighted by Crippen LogP contribution is -2.30. The van der Waals surface area contributed by atoms with Crippen LogP contribution in [0.3, 0.4) is 0 Å². The molecular weight excluding hydrogens is 314 g/mol. The summed E-state index contributed by atoms with van der Waals surface area (Å²) in [6.07, 6.45) is 0.831. The van der Waals surface area contributed by atoms with Crippen molar-refractivity contribution in [1.82, 2.24) is 5.32 Å². The molecule has 1 aromatic carbocycles. The maximum atomic E-state index is 11.9. The van der Waals surface area contributed by atoms with Crippen LogP contribution in [0.5, 0.6) is 0 Å². The zero-order chi connectivity index (χ0) is 18.3. The van der Waals surface area contributed by atoms with Crippen LogP contribution in [0.1, 0.15) is 30.6 Å². The fraction of sp³-hybridized carbons (Fsp3) is 0.500. The minimum absolute atomic E-state index is 0.0299. The van der Waals surface area contributed by atoms with Gasteiger partial charge in [-0.15, -0.1) is 0 Å². The molecule has 0 bridgehead atoms. The monoisotopic (exact) mass is 337 g/mol. The van der Waals surface area contributed by atoms with E-state index in [1.165, 1.54) is 12.1 Å². The molecule has 0 unspecified atom stereocenters. The molecule has 8 nitrogen and oxygen atoms in total. The van der Waals surface area contributed by atoms with Gasteiger partial charge in [-0.2, -0.15) is 0 Å². The van der Waals surface area contributed by atoms with Crippen LogP contribution in [0.2, 0.25) is 0 Å². The number of nitro benzene ring substituents is 1. The van der Waals surface area contributed by atoms with Gasteiger partial charge in [-0.05, 0) is 24.5 Å². The Labute approximate surface area is 140 Å². The third-order valence-electron chi connectivity index (χ3n) is 3.27. The highest BCUT2D eigenvalue weighted by molar-refractivity contribution is 5.93. The maximum absolute atomic E-state index is 11.9. The summed E-state index contributed by atoms with van der Waals surface area (Å²) in [5.74, 6) is -0.713. The molecule has 0 saturated carbocycles. The van der Waals surface area contributed by atoms with Gasteiger partial charge in [0.2, 0.25) is 0 Å². The van der Waals surface area contributed by atoms with Gasteiger partial charge in [0, 0.05) is 26.7 Å². The fourth-order valence-corrected chi connectivity index (χ4v) is 1.94. The van der Waals surface area contributed by atoms with Gasteiger partial charge in [-0.3, -0.25) is 14.9 Å². The number of nitro groups is 1. The zero-order valence-electron chi connectivity index (χ0n) is 14.4. The molecular formula is C16H23N3O5. The lowest BCUT2D eigenvalue weighted by Gasteiger charge is -2.13. The molecule has 0 radical (unpaired) electrons. The first-order valence-corrected chi connectivity index (χ1v) is 7.62. The molecule has 0 atom stereocenters. The van der Waals surface area contributed by atoms with Gasteiger partial charge in [0.25, 0.3) is 11.6 Å². The molecule has 0 aromatic heterocycles. The molecule has 0 aliphatic carbocycles. The van der Waals surface area contributed by atoms with Crippen molar-refractivity contribution < 1.29 is 19.2 Å². The molecule has 0 fully saturated rings. The minimum atomic E-state index is -0.776. The van der Waals surface area contributed by atoms with E-state index in [1.54, 1.807) is 19.0 Å². The van der Waals surface area contributed by atoms with Crippen molar-refractivity contribution in [3.8, 4) is 0 Å². The lowest BCUT2D eigenvalue weighted by atomic mass is 10.1. The van der Waals surface area contributed by atoms with Crippen molar-refractivity contribution in [3.05, 3.63) is 33.9 Å².